The second kappa shape index (κ2) is 7.05. The average molecular weight is 390 g/mol. The van der Waals surface area contributed by atoms with E-state index in [0.29, 0.717) is 16.9 Å². The van der Waals surface area contributed by atoms with Gasteiger partial charge in [-0.25, -0.2) is 8.42 Å². The quantitative estimate of drug-likeness (QED) is 0.686. The Bertz CT molecular complexity index is 1140. The average Bonchev–Trinajstić information content (AvgIpc) is 2.96. The van der Waals surface area contributed by atoms with Gasteiger partial charge in [0.2, 0.25) is 0 Å². The van der Waals surface area contributed by atoms with Crippen LogP contribution >= 0.6 is 11.3 Å². The van der Waals surface area contributed by atoms with E-state index in [9.17, 15) is 13.2 Å². The lowest BCUT2D eigenvalue weighted by Crippen LogP contribution is -2.15. The third kappa shape index (κ3) is 3.56. The fraction of sp³-hybridized carbons (Fsp3) is 0.222. The summed E-state index contributed by atoms with van der Waals surface area (Å²) in [6.45, 7) is 2.66. The van der Waals surface area contributed by atoms with Crippen LogP contribution in [0.1, 0.15) is 17.3 Å². The number of aryl methyl sites for hydroxylation is 1. The Morgan fingerprint density at radius 1 is 1.19 bits per heavy atom. The molecule has 0 fully saturated rings. The van der Waals surface area contributed by atoms with Gasteiger partial charge in [0.25, 0.3) is 5.91 Å². The number of hydrogen-bond acceptors (Lipinski definition) is 5. The highest BCUT2D eigenvalue weighted by Crippen LogP contribution is 2.23. The van der Waals surface area contributed by atoms with Crippen LogP contribution in [-0.2, 0) is 16.4 Å². The number of rotatable bonds is 4. The third-order valence-electron chi connectivity index (χ3n) is 3.93. The monoisotopic (exact) mass is 390 g/mol. The van der Waals surface area contributed by atoms with Crippen molar-refractivity contribution in [3.05, 3.63) is 52.8 Å². The number of benzene rings is 2. The van der Waals surface area contributed by atoms with Gasteiger partial charge in [0, 0.05) is 18.4 Å². The Hall–Kier alpha value is -2.45. The minimum Gasteiger partial charge on any atom is -0.497 e. The van der Waals surface area contributed by atoms with E-state index in [-0.39, 0.29) is 4.90 Å². The van der Waals surface area contributed by atoms with Crippen LogP contribution in [0.5, 0.6) is 5.75 Å². The molecule has 0 radical (unpaired) electrons. The molecule has 0 aliphatic heterocycles. The number of fused-ring (bicyclic) bond motifs is 1. The molecule has 1 aromatic heterocycles. The molecule has 3 aromatic rings. The van der Waals surface area contributed by atoms with Gasteiger partial charge in [-0.3, -0.25) is 4.79 Å². The minimum atomic E-state index is -3.29. The van der Waals surface area contributed by atoms with Crippen molar-refractivity contribution in [3.8, 4) is 5.75 Å². The summed E-state index contributed by atoms with van der Waals surface area (Å²) in [5, 5.41) is 0. The maximum atomic E-state index is 12.5. The molecule has 26 heavy (non-hydrogen) atoms. The highest BCUT2D eigenvalue weighted by Gasteiger charge is 2.11. The van der Waals surface area contributed by atoms with Gasteiger partial charge >= 0.3 is 0 Å². The van der Waals surface area contributed by atoms with Gasteiger partial charge in [-0.2, -0.15) is 4.99 Å². The Morgan fingerprint density at radius 3 is 2.46 bits per heavy atom. The molecule has 0 unspecified atom stereocenters. The first-order chi connectivity index (χ1) is 12.3. The predicted octanol–water partition coefficient (Wildman–Crippen LogP) is 2.88. The summed E-state index contributed by atoms with van der Waals surface area (Å²) in [4.78, 5) is 17.5. The number of methoxy groups -OCH3 is 1. The molecule has 8 heteroatoms. The summed E-state index contributed by atoms with van der Waals surface area (Å²) in [6, 6.07) is 11.5. The molecule has 0 N–H and O–H groups in total. The molecule has 6 nitrogen and oxygen atoms in total. The zero-order valence-corrected chi connectivity index (χ0v) is 16.2. The standard InChI is InChI=1S/C18H18N2O4S2/c1-4-20-15-10-7-13(24-2)11-16(15)25-18(20)19-17(21)12-5-8-14(9-6-12)26(3,22)23/h5-11H,4H2,1-3H3. The van der Waals surface area contributed by atoms with Gasteiger partial charge in [-0.15, -0.1) is 0 Å². The van der Waals surface area contributed by atoms with Crippen LogP contribution in [0.4, 0.5) is 0 Å². The number of thiazole rings is 1. The number of ether oxygens (including phenoxy) is 1. The largest absolute Gasteiger partial charge is 0.497 e. The van der Waals surface area contributed by atoms with E-state index >= 15 is 0 Å². The topological polar surface area (TPSA) is 77.7 Å². The molecule has 136 valence electrons. The maximum absolute atomic E-state index is 12.5. The van der Waals surface area contributed by atoms with Gasteiger partial charge in [0.1, 0.15) is 5.75 Å². The SMILES string of the molecule is CCn1c(=NC(=O)c2ccc(S(C)(=O)=O)cc2)sc2cc(OC)ccc21. The lowest BCUT2D eigenvalue weighted by molar-refractivity contribution is 0.0997. The second-order valence-electron chi connectivity index (χ2n) is 5.68. The number of amides is 1. The van der Waals surface area contributed by atoms with Crippen molar-refractivity contribution in [1.29, 1.82) is 0 Å². The van der Waals surface area contributed by atoms with Gasteiger partial charge in [0.05, 0.1) is 22.2 Å². The van der Waals surface area contributed by atoms with Crippen LogP contribution < -0.4 is 9.54 Å². The van der Waals surface area contributed by atoms with E-state index in [1.807, 2.05) is 29.7 Å². The van der Waals surface area contributed by atoms with Crippen LogP contribution in [0.3, 0.4) is 0 Å². The van der Waals surface area contributed by atoms with Crippen molar-refractivity contribution in [1.82, 2.24) is 4.57 Å². The molecule has 1 heterocycles. The first-order valence-corrected chi connectivity index (χ1v) is 10.6. The van der Waals surface area contributed by atoms with E-state index in [1.165, 1.54) is 35.6 Å². The molecule has 3 rings (SSSR count). The van der Waals surface area contributed by atoms with Crippen LogP contribution in [0.25, 0.3) is 10.2 Å². The summed E-state index contributed by atoms with van der Waals surface area (Å²) in [7, 11) is -1.69. The van der Waals surface area contributed by atoms with Crippen LogP contribution in [0, 0.1) is 0 Å². The zero-order valence-electron chi connectivity index (χ0n) is 14.6. The summed E-state index contributed by atoms with van der Waals surface area (Å²) in [5.41, 5.74) is 1.33. The Morgan fingerprint density at radius 2 is 1.88 bits per heavy atom. The molecular weight excluding hydrogens is 372 g/mol. The lowest BCUT2D eigenvalue weighted by atomic mass is 10.2. The fourth-order valence-electron chi connectivity index (χ4n) is 2.57. The number of hydrogen-bond donors (Lipinski definition) is 0. The maximum Gasteiger partial charge on any atom is 0.279 e. The number of sulfone groups is 1. The number of aromatic nitrogens is 1. The molecule has 0 bridgehead atoms. The highest BCUT2D eigenvalue weighted by atomic mass is 32.2. The first kappa shape index (κ1) is 18.3. The van der Waals surface area contributed by atoms with E-state index in [4.69, 9.17) is 4.74 Å². The highest BCUT2D eigenvalue weighted by molar-refractivity contribution is 7.90. The predicted molar refractivity (Wildman–Crippen MR) is 101 cm³/mol. The molecule has 0 saturated heterocycles. The minimum absolute atomic E-state index is 0.173. The summed E-state index contributed by atoms with van der Waals surface area (Å²) >= 11 is 1.41. The summed E-state index contributed by atoms with van der Waals surface area (Å²) in [5.74, 6) is 0.335. The first-order valence-electron chi connectivity index (χ1n) is 7.90. The number of carbonyl (C=O) groups excluding carboxylic acids is 1. The number of nitrogens with zero attached hydrogens (tertiary/aromatic N) is 2. The molecular formula is C18H18N2O4S2. The fourth-order valence-corrected chi connectivity index (χ4v) is 4.32. The van der Waals surface area contributed by atoms with E-state index in [1.54, 1.807) is 7.11 Å². The summed E-state index contributed by atoms with van der Waals surface area (Å²) < 4.78 is 31.2. The lowest BCUT2D eigenvalue weighted by Gasteiger charge is -2.02. The Balaban J connectivity index is 2.05. The van der Waals surface area contributed by atoms with Gasteiger partial charge in [0.15, 0.2) is 14.6 Å². The zero-order chi connectivity index (χ0) is 18.9. The van der Waals surface area contributed by atoms with Crippen LogP contribution in [-0.4, -0.2) is 32.3 Å². The van der Waals surface area contributed by atoms with Gasteiger partial charge < -0.3 is 9.30 Å². The molecule has 2 aromatic carbocycles. The molecule has 0 aliphatic rings. The van der Waals surface area contributed by atoms with Crippen molar-refractivity contribution >= 4 is 37.3 Å². The van der Waals surface area contributed by atoms with Gasteiger partial charge in [-0.05, 0) is 49.4 Å². The summed E-state index contributed by atoms with van der Waals surface area (Å²) in [6.07, 6.45) is 1.13. The van der Waals surface area contributed by atoms with Crippen molar-refractivity contribution in [2.75, 3.05) is 13.4 Å². The van der Waals surface area contributed by atoms with Crippen molar-refractivity contribution in [2.45, 2.75) is 18.4 Å². The molecule has 0 saturated carbocycles. The normalized spacial score (nSPS) is 12.5. The molecule has 0 atom stereocenters. The van der Waals surface area contributed by atoms with Crippen LogP contribution in [0.2, 0.25) is 0 Å². The Kier molecular flexibility index (Phi) is 4.97. The smallest absolute Gasteiger partial charge is 0.279 e. The molecule has 1 amide bonds. The second-order valence-corrected chi connectivity index (χ2v) is 8.70. The van der Waals surface area contributed by atoms with Crippen molar-refractivity contribution in [2.24, 2.45) is 4.99 Å². The third-order valence-corrected chi connectivity index (χ3v) is 6.10. The van der Waals surface area contributed by atoms with E-state index < -0.39 is 15.7 Å². The number of carbonyl (C=O) groups is 1. The van der Waals surface area contributed by atoms with E-state index in [2.05, 4.69) is 4.99 Å². The van der Waals surface area contributed by atoms with Crippen molar-refractivity contribution in [3.63, 3.8) is 0 Å². The van der Waals surface area contributed by atoms with Crippen LogP contribution in [0.15, 0.2) is 52.4 Å². The Labute approximate surface area is 155 Å². The molecule has 0 spiro atoms. The van der Waals surface area contributed by atoms with Gasteiger partial charge in [-0.1, -0.05) is 11.3 Å². The molecule has 0 aliphatic carbocycles. The van der Waals surface area contributed by atoms with Crippen molar-refractivity contribution < 1.29 is 17.9 Å². The van der Waals surface area contributed by atoms with E-state index in [0.717, 1.165) is 22.2 Å².